The van der Waals surface area contributed by atoms with E-state index in [1.807, 2.05) is 12.1 Å². The van der Waals surface area contributed by atoms with Gasteiger partial charge >= 0.3 is 5.97 Å². The van der Waals surface area contributed by atoms with Crippen LogP contribution < -0.4 is 9.47 Å². The summed E-state index contributed by atoms with van der Waals surface area (Å²) in [6.45, 7) is 10.1. The topological polar surface area (TPSA) is 65.1 Å². The number of carbonyl (C=O) groups is 2. The first-order chi connectivity index (χ1) is 19.7. The summed E-state index contributed by atoms with van der Waals surface area (Å²) in [6.07, 6.45) is 13.9. The molecule has 6 rings (SSSR count). The molecule has 6 heteroatoms. The summed E-state index contributed by atoms with van der Waals surface area (Å²) in [4.78, 5) is 28.0. The van der Waals surface area contributed by atoms with E-state index in [0.29, 0.717) is 30.1 Å². The predicted molar refractivity (Wildman–Crippen MR) is 160 cm³/mol. The van der Waals surface area contributed by atoms with Crippen molar-refractivity contribution in [3.05, 3.63) is 41.0 Å². The van der Waals surface area contributed by atoms with Crippen molar-refractivity contribution in [2.45, 2.75) is 84.7 Å². The number of Topliss-reactive ketones (excluding diaryl/α,β-unsaturated/α-hetero) is 1. The maximum absolute atomic E-state index is 13.9. The quantitative estimate of drug-likeness (QED) is 0.212. The summed E-state index contributed by atoms with van der Waals surface area (Å²) >= 11 is 0. The van der Waals surface area contributed by atoms with Gasteiger partial charge in [0.15, 0.2) is 17.3 Å². The molecular weight excluding hydrogens is 514 g/mol. The smallest absolute Gasteiger partial charge is 0.302 e. The highest BCUT2D eigenvalue weighted by Gasteiger charge is 2.60. The lowest BCUT2D eigenvalue weighted by molar-refractivity contribution is -0.148. The molecule has 0 bridgehead atoms. The van der Waals surface area contributed by atoms with Gasteiger partial charge in [0.25, 0.3) is 0 Å². The molecule has 222 valence electrons. The van der Waals surface area contributed by atoms with Crippen molar-refractivity contribution in [2.24, 2.45) is 28.6 Å². The second-order valence-electron chi connectivity index (χ2n) is 13.7. The van der Waals surface area contributed by atoms with E-state index >= 15 is 0 Å². The maximum atomic E-state index is 13.9. The van der Waals surface area contributed by atoms with Crippen molar-refractivity contribution in [1.82, 2.24) is 4.90 Å². The molecular formula is C35H47NO5. The fraction of sp³-hybridized carbons (Fsp3) is 0.657. The van der Waals surface area contributed by atoms with Gasteiger partial charge in [-0.1, -0.05) is 31.6 Å². The molecule has 1 saturated heterocycles. The van der Waals surface area contributed by atoms with Gasteiger partial charge in [-0.05, 0) is 117 Å². The minimum absolute atomic E-state index is 0.0127. The lowest BCUT2D eigenvalue weighted by atomic mass is 9.48. The zero-order valence-corrected chi connectivity index (χ0v) is 25.4. The highest BCUT2D eigenvalue weighted by atomic mass is 16.5. The standard InChI is InChI=1S/C35H47NO5/c1-23(37)41-27-11-13-34(2)26(22-27)8-9-28-29(34)12-14-35(3)30(28)21-25(33(35)38)19-24-7-10-31(32(20-24)39-4)40-18-17-36-15-5-6-16-36/h7-8,10,19-20,27-30H,5-6,9,11-18,21-22H2,1-4H3/b25-19-/t27-,28+,29-,30-,34-,35-/m0/s1. The molecule has 41 heavy (non-hydrogen) atoms. The number of benzene rings is 1. The highest BCUT2D eigenvalue weighted by molar-refractivity contribution is 6.06. The number of likely N-dealkylation sites (tertiary alicyclic amines) is 1. The second-order valence-corrected chi connectivity index (χ2v) is 13.7. The van der Waals surface area contributed by atoms with Crippen LogP contribution in [0.3, 0.4) is 0 Å². The first-order valence-electron chi connectivity index (χ1n) is 15.9. The third kappa shape index (κ3) is 5.26. The third-order valence-corrected chi connectivity index (χ3v) is 11.4. The Morgan fingerprint density at radius 3 is 2.59 bits per heavy atom. The number of rotatable bonds is 7. The van der Waals surface area contributed by atoms with E-state index in [1.54, 1.807) is 7.11 Å². The number of hydrogen-bond acceptors (Lipinski definition) is 6. The Balaban J connectivity index is 1.18. The van der Waals surface area contributed by atoms with Gasteiger partial charge in [-0.25, -0.2) is 0 Å². The van der Waals surface area contributed by atoms with E-state index in [-0.39, 0.29) is 22.9 Å². The summed E-state index contributed by atoms with van der Waals surface area (Å²) in [5, 5.41) is 0. The van der Waals surface area contributed by atoms with Crippen molar-refractivity contribution in [1.29, 1.82) is 0 Å². The Hall–Kier alpha value is -2.60. The molecule has 0 amide bonds. The monoisotopic (exact) mass is 561 g/mol. The molecule has 0 unspecified atom stereocenters. The molecule has 1 heterocycles. The number of fused-ring (bicyclic) bond motifs is 5. The fourth-order valence-corrected chi connectivity index (χ4v) is 9.15. The number of carbonyl (C=O) groups excluding carboxylic acids is 2. The number of methoxy groups -OCH3 is 1. The molecule has 6 atom stereocenters. The van der Waals surface area contributed by atoms with Crippen molar-refractivity contribution in [2.75, 3.05) is 33.4 Å². The molecule has 6 nitrogen and oxygen atoms in total. The van der Waals surface area contributed by atoms with Crippen molar-refractivity contribution in [3.63, 3.8) is 0 Å². The molecule has 0 N–H and O–H groups in total. The van der Waals surface area contributed by atoms with E-state index in [1.165, 1.54) is 25.3 Å². The van der Waals surface area contributed by atoms with Crippen LogP contribution in [0.15, 0.2) is 35.4 Å². The Labute approximate surface area is 245 Å². The van der Waals surface area contributed by atoms with Gasteiger partial charge in [0.1, 0.15) is 12.7 Å². The van der Waals surface area contributed by atoms with E-state index < -0.39 is 0 Å². The first-order valence-corrected chi connectivity index (χ1v) is 15.9. The molecule has 5 aliphatic rings. The van der Waals surface area contributed by atoms with Gasteiger partial charge in [-0.2, -0.15) is 0 Å². The van der Waals surface area contributed by atoms with Gasteiger partial charge in [0, 0.05) is 25.3 Å². The van der Waals surface area contributed by atoms with Crippen LogP contribution in [0, 0.1) is 28.6 Å². The van der Waals surface area contributed by atoms with Crippen LogP contribution in [-0.2, 0) is 14.3 Å². The largest absolute Gasteiger partial charge is 0.493 e. The van der Waals surface area contributed by atoms with Crippen LogP contribution in [-0.4, -0.2) is 56.1 Å². The molecule has 0 aromatic heterocycles. The van der Waals surface area contributed by atoms with Crippen LogP contribution in [0.1, 0.15) is 84.1 Å². The van der Waals surface area contributed by atoms with E-state index in [0.717, 1.165) is 87.2 Å². The molecule has 0 spiro atoms. The van der Waals surface area contributed by atoms with Crippen molar-refractivity contribution in [3.8, 4) is 11.5 Å². The van der Waals surface area contributed by atoms with Crippen LogP contribution in [0.2, 0.25) is 0 Å². The summed E-state index contributed by atoms with van der Waals surface area (Å²) in [7, 11) is 1.68. The summed E-state index contributed by atoms with van der Waals surface area (Å²) in [5.41, 5.74) is 3.30. The molecule has 0 radical (unpaired) electrons. The summed E-state index contributed by atoms with van der Waals surface area (Å²) < 4.78 is 17.4. The normalized spacial score (nSPS) is 35.9. The Morgan fingerprint density at radius 2 is 1.83 bits per heavy atom. The Kier molecular flexibility index (Phi) is 7.82. The number of nitrogens with zero attached hydrogens (tertiary/aromatic N) is 1. The average Bonchev–Trinajstić information content (AvgIpc) is 3.55. The lowest BCUT2D eigenvalue weighted by Crippen LogP contribution is -2.50. The Morgan fingerprint density at radius 1 is 1.05 bits per heavy atom. The van der Waals surface area contributed by atoms with Gasteiger partial charge < -0.3 is 14.2 Å². The van der Waals surface area contributed by atoms with Crippen molar-refractivity contribution >= 4 is 17.8 Å². The summed E-state index contributed by atoms with van der Waals surface area (Å²) in [5.74, 6) is 3.11. The molecule has 1 aromatic rings. The van der Waals surface area contributed by atoms with Crippen LogP contribution in [0.4, 0.5) is 0 Å². The minimum atomic E-state index is -0.285. The molecule has 4 fully saturated rings. The predicted octanol–water partition coefficient (Wildman–Crippen LogP) is 6.63. The number of allylic oxidation sites excluding steroid dienone is 2. The molecule has 4 aliphatic carbocycles. The van der Waals surface area contributed by atoms with Gasteiger partial charge in [-0.3, -0.25) is 14.5 Å². The second kappa shape index (κ2) is 11.2. The Bertz CT molecular complexity index is 1240. The van der Waals surface area contributed by atoms with Crippen LogP contribution in [0.25, 0.3) is 6.08 Å². The fourth-order valence-electron chi connectivity index (χ4n) is 9.15. The first kappa shape index (κ1) is 28.5. The molecule has 1 aromatic carbocycles. The van der Waals surface area contributed by atoms with Crippen LogP contribution >= 0.6 is 0 Å². The van der Waals surface area contributed by atoms with Gasteiger partial charge in [0.05, 0.1) is 7.11 Å². The SMILES string of the molecule is COc1cc(/C=C2/C[C@H]3[C@@H]4CC=C5C[C@@H](OC(C)=O)CC[C@]5(C)[C@H]4CC[C@]3(C)C2=O)ccc1OCCN1CCCC1. The van der Waals surface area contributed by atoms with Gasteiger partial charge in [0.2, 0.25) is 0 Å². The average molecular weight is 562 g/mol. The zero-order chi connectivity index (χ0) is 28.8. The lowest BCUT2D eigenvalue weighted by Gasteiger charge is -2.56. The number of esters is 1. The zero-order valence-electron chi connectivity index (χ0n) is 25.4. The van der Waals surface area contributed by atoms with Gasteiger partial charge in [-0.15, -0.1) is 0 Å². The summed E-state index contributed by atoms with van der Waals surface area (Å²) in [6, 6.07) is 6.05. The third-order valence-electron chi connectivity index (χ3n) is 11.4. The maximum Gasteiger partial charge on any atom is 0.302 e. The number of hydrogen-bond donors (Lipinski definition) is 0. The van der Waals surface area contributed by atoms with Crippen molar-refractivity contribution < 1.29 is 23.8 Å². The van der Waals surface area contributed by atoms with E-state index in [9.17, 15) is 9.59 Å². The van der Waals surface area contributed by atoms with E-state index in [4.69, 9.17) is 14.2 Å². The van der Waals surface area contributed by atoms with E-state index in [2.05, 4.69) is 37.0 Å². The minimum Gasteiger partial charge on any atom is -0.493 e. The molecule has 3 saturated carbocycles. The molecule has 1 aliphatic heterocycles. The number of ketones is 1. The number of ether oxygens (including phenoxy) is 3. The van der Waals surface area contributed by atoms with Crippen LogP contribution in [0.5, 0.6) is 11.5 Å². The highest BCUT2D eigenvalue weighted by Crippen LogP contribution is 2.65.